The molecule has 1 aromatic carbocycles. The lowest BCUT2D eigenvalue weighted by Gasteiger charge is -2.22. The third-order valence-electron chi connectivity index (χ3n) is 3.27. The molecule has 1 atom stereocenters. The van der Waals surface area contributed by atoms with Gasteiger partial charge in [-0.25, -0.2) is 8.42 Å². The molecule has 0 aliphatic carbocycles. The number of aliphatic hydroxyl groups is 1. The molecule has 0 saturated carbocycles. The van der Waals surface area contributed by atoms with Crippen LogP contribution < -0.4 is 0 Å². The highest BCUT2D eigenvalue weighted by molar-refractivity contribution is 9.10. The van der Waals surface area contributed by atoms with Gasteiger partial charge in [-0.05, 0) is 43.5 Å². The zero-order chi connectivity index (χ0) is 13.3. The van der Waals surface area contributed by atoms with Gasteiger partial charge in [-0.3, -0.25) is 0 Å². The molecule has 2 rings (SSSR count). The topological polar surface area (TPSA) is 57.6 Å². The fourth-order valence-electron chi connectivity index (χ4n) is 2.22. The SMILES string of the molecule is Cc1cc(S(=O)(=O)N2CCCC2CO)ccc1Br. The first-order valence-corrected chi connectivity index (χ1v) is 8.09. The third-order valence-corrected chi connectivity index (χ3v) is 6.11. The summed E-state index contributed by atoms with van der Waals surface area (Å²) < 4.78 is 27.2. The summed E-state index contributed by atoms with van der Waals surface area (Å²) >= 11 is 3.36. The van der Waals surface area contributed by atoms with Crippen molar-refractivity contribution in [3.05, 3.63) is 28.2 Å². The van der Waals surface area contributed by atoms with E-state index in [2.05, 4.69) is 15.9 Å². The summed E-state index contributed by atoms with van der Waals surface area (Å²) in [6.45, 7) is 2.23. The molecule has 1 N–H and O–H groups in total. The summed E-state index contributed by atoms with van der Waals surface area (Å²) in [5.41, 5.74) is 0.885. The zero-order valence-corrected chi connectivity index (χ0v) is 12.5. The van der Waals surface area contributed by atoms with Crippen molar-refractivity contribution in [1.29, 1.82) is 0 Å². The van der Waals surface area contributed by atoms with Gasteiger partial charge < -0.3 is 5.11 Å². The van der Waals surface area contributed by atoms with Crippen molar-refractivity contribution in [2.45, 2.75) is 30.7 Å². The van der Waals surface area contributed by atoms with Crippen molar-refractivity contribution < 1.29 is 13.5 Å². The van der Waals surface area contributed by atoms with Crippen LogP contribution in [0.15, 0.2) is 27.6 Å². The van der Waals surface area contributed by atoms with E-state index in [1.165, 1.54) is 4.31 Å². The van der Waals surface area contributed by atoms with Crippen LogP contribution in [0.4, 0.5) is 0 Å². The molecule has 4 nitrogen and oxygen atoms in total. The maximum absolute atomic E-state index is 12.5. The van der Waals surface area contributed by atoms with Crippen molar-refractivity contribution in [3.63, 3.8) is 0 Å². The van der Waals surface area contributed by atoms with Crippen molar-refractivity contribution in [2.24, 2.45) is 0 Å². The number of aryl methyl sites for hydroxylation is 1. The molecule has 1 aliphatic heterocycles. The summed E-state index contributed by atoms with van der Waals surface area (Å²) in [7, 11) is -3.49. The Balaban J connectivity index is 2.38. The first-order valence-electron chi connectivity index (χ1n) is 5.85. The number of aliphatic hydroxyl groups excluding tert-OH is 1. The van der Waals surface area contributed by atoms with Crippen LogP contribution in [0.3, 0.4) is 0 Å². The molecule has 1 heterocycles. The van der Waals surface area contributed by atoms with Gasteiger partial charge in [-0.1, -0.05) is 15.9 Å². The molecule has 0 aromatic heterocycles. The molecule has 6 heteroatoms. The summed E-state index contributed by atoms with van der Waals surface area (Å²) in [5, 5.41) is 9.23. The first kappa shape index (κ1) is 14.0. The maximum atomic E-state index is 12.5. The molecular formula is C12H16BrNO3S. The van der Waals surface area contributed by atoms with E-state index in [0.29, 0.717) is 11.4 Å². The van der Waals surface area contributed by atoms with E-state index in [1.54, 1.807) is 18.2 Å². The van der Waals surface area contributed by atoms with Gasteiger partial charge in [0.05, 0.1) is 11.5 Å². The fraction of sp³-hybridized carbons (Fsp3) is 0.500. The lowest BCUT2D eigenvalue weighted by atomic mass is 10.2. The number of hydrogen-bond donors (Lipinski definition) is 1. The molecule has 1 fully saturated rings. The minimum Gasteiger partial charge on any atom is -0.395 e. The van der Waals surface area contributed by atoms with Crippen molar-refractivity contribution >= 4 is 26.0 Å². The first-order chi connectivity index (χ1) is 8.46. The summed E-state index contributed by atoms with van der Waals surface area (Å²) in [5.74, 6) is 0. The minimum atomic E-state index is -3.49. The van der Waals surface area contributed by atoms with Gasteiger partial charge in [0.25, 0.3) is 0 Å². The summed E-state index contributed by atoms with van der Waals surface area (Å²) in [6.07, 6.45) is 1.53. The molecule has 1 aliphatic rings. The number of nitrogens with zero attached hydrogens (tertiary/aromatic N) is 1. The highest BCUT2D eigenvalue weighted by atomic mass is 79.9. The number of benzene rings is 1. The second-order valence-corrected chi connectivity index (χ2v) is 7.25. The van der Waals surface area contributed by atoms with Gasteiger partial charge >= 0.3 is 0 Å². The van der Waals surface area contributed by atoms with Gasteiger partial charge in [0.15, 0.2) is 0 Å². The number of rotatable bonds is 3. The standard InChI is InChI=1S/C12H16BrNO3S/c1-9-7-11(4-5-12(9)13)18(16,17)14-6-2-3-10(14)8-15/h4-5,7,10,15H,2-3,6,8H2,1H3. The van der Waals surface area contributed by atoms with Crippen LogP contribution in [0.25, 0.3) is 0 Å². The molecule has 1 aromatic rings. The van der Waals surface area contributed by atoms with Crippen LogP contribution in [0.5, 0.6) is 0 Å². The van der Waals surface area contributed by atoms with E-state index in [9.17, 15) is 13.5 Å². The van der Waals surface area contributed by atoms with E-state index >= 15 is 0 Å². The molecule has 0 bridgehead atoms. The van der Waals surface area contributed by atoms with Gasteiger partial charge in [0.1, 0.15) is 0 Å². The van der Waals surface area contributed by atoms with E-state index in [-0.39, 0.29) is 12.6 Å². The predicted octanol–water partition coefficient (Wildman–Crippen LogP) is 1.90. The Hall–Kier alpha value is -0.430. The van der Waals surface area contributed by atoms with Crippen LogP contribution in [0.2, 0.25) is 0 Å². The highest BCUT2D eigenvalue weighted by Gasteiger charge is 2.34. The molecule has 18 heavy (non-hydrogen) atoms. The van der Waals surface area contributed by atoms with Crippen LogP contribution in [0, 0.1) is 6.92 Å². The Labute approximate surface area is 116 Å². The summed E-state index contributed by atoms with van der Waals surface area (Å²) in [4.78, 5) is 0.295. The smallest absolute Gasteiger partial charge is 0.243 e. The number of sulfonamides is 1. The Morgan fingerprint density at radius 1 is 1.50 bits per heavy atom. The highest BCUT2D eigenvalue weighted by Crippen LogP contribution is 2.28. The van der Waals surface area contributed by atoms with E-state index in [4.69, 9.17) is 0 Å². The molecule has 1 saturated heterocycles. The third kappa shape index (κ3) is 2.47. The normalized spacial score (nSPS) is 21.4. The molecular weight excluding hydrogens is 318 g/mol. The van der Waals surface area contributed by atoms with Gasteiger partial charge in [0, 0.05) is 17.1 Å². The fourth-order valence-corrected chi connectivity index (χ4v) is 4.24. The Bertz CT molecular complexity index is 544. The van der Waals surface area contributed by atoms with Crippen LogP contribution >= 0.6 is 15.9 Å². The Morgan fingerprint density at radius 3 is 2.83 bits per heavy atom. The average Bonchev–Trinajstić information content (AvgIpc) is 2.81. The Kier molecular flexibility index (Phi) is 4.11. The van der Waals surface area contributed by atoms with E-state index in [1.807, 2.05) is 6.92 Å². The molecule has 1 unspecified atom stereocenters. The molecule has 100 valence electrons. The van der Waals surface area contributed by atoms with Crippen LogP contribution in [-0.4, -0.2) is 37.0 Å². The largest absolute Gasteiger partial charge is 0.395 e. The predicted molar refractivity (Wildman–Crippen MR) is 72.9 cm³/mol. The van der Waals surface area contributed by atoms with Crippen LogP contribution in [0.1, 0.15) is 18.4 Å². The number of hydrogen-bond acceptors (Lipinski definition) is 3. The summed E-state index contributed by atoms with van der Waals surface area (Å²) in [6, 6.07) is 4.72. The van der Waals surface area contributed by atoms with Crippen LogP contribution in [-0.2, 0) is 10.0 Å². The van der Waals surface area contributed by atoms with Crippen molar-refractivity contribution in [3.8, 4) is 0 Å². The zero-order valence-electron chi connectivity index (χ0n) is 10.1. The lowest BCUT2D eigenvalue weighted by Crippen LogP contribution is -2.37. The maximum Gasteiger partial charge on any atom is 0.243 e. The van der Waals surface area contributed by atoms with Gasteiger partial charge in [0.2, 0.25) is 10.0 Å². The molecule has 0 radical (unpaired) electrons. The lowest BCUT2D eigenvalue weighted by molar-refractivity contribution is 0.213. The average molecular weight is 334 g/mol. The minimum absolute atomic E-state index is 0.116. The van der Waals surface area contributed by atoms with Crippen molar-refractivity contribution in [2.75, 3.05) is 13.2 Å². The van der Waals surface area contributed by atoms with Gasteiger partial charge in [-0.15, -0.1) is 0 Å². The van der Waals surface area contributed by atoms with Gasteiger partial charge in [-0.2, -0.15) is 4.31 Å². The van der Waals surface area contributed by atoms with E-state index < -0.39 is 10.0 Å². The number of halogens is 1. The quantitative estimate of drug-likeness (QED) is 0.919. The second-order valence-electron chi connectivity index (χ2n) is 4.51. The van der Waals surface area contributed by atoms with Crippen molar-refractivity contribution in [1.82, 2.24) is 4.31 Å². The second kappa shape index (κ2) is 5.28. The Morgan fingerprint density at radius 2 is 2.22 bits per heavy atom. The molecule has 0 spiro atoms. The monoisotopic (exact) mass is 333 g/mol. The molecule has 0 amide bonds. The van der Waals surface area contributed by atoms with E-state index in [0.717, 1.165) is 22.9 Å².